The molecule has 0 aliphatic rings. The largest absolute Gasteiger partial charge is 0.281 e. The van der Waals surface area contributed by atoms with E-state index >= 15 is 0 Å². The summed E-state index contributed by atoms with van der Waals surface area (Å²) in [4.78, 5) is 17.0. The van der Waals surface area contributed by atoms with Crippen molar-refractivity contribution in [2.45, 2.75) is 0 Å². The minimum absolute atomic E-state index is 0.104. The first kappa shape index (κ1) is 11.9. The molecule has 0 radical (unpaired) electrons. The number of benzene rings is 2. The summed E-state index contributed by atoms with van der Waals surface area (Å²) in [5.41, 5.74) is 2.27. The van der Waals surface area contributed by atoms with E-state index in [4.69, 9.17) is 0 Å². The maximum absolute atomic E-state index is 12.8. The SMILES string of the molecule is O=C(c1ccccn1)n1c2ccccc2c2ccccc21. The molecule has 2 aromatic heterocycles. The van der Waals surface area contributed by atoms with E-state index in [-0.39, 0.29) is 5.91 Å². The second-order valence-corrected chi connectivity index (χ2v) is 4.89. The molecular formula is C18H12N2O. The molecule has 0 N–H and O–H groups in total. The predicted molar refractivity (Wildman–Crippen MR) is 83.4 cm³/mol. The molecule has 0 unspecified atom stereocenters. The number of hydrogen-bond acceptors (Lipinski definition) is 2. The van der Waals surface area contributed by atoms with Crippen LogP contribution in [0, 0.1) is 0 Å². The van der Waals surface area contributed by atoms with Crippen LogP contribution >= 0.6 is 0 Å². The summed E-state index contributed by atoms with van der Waals surface area (Å²) in [6.45, 7) is 0. The Morgan fingerprint density at radius 3 is 1.90 bits per heavy atom. The summed E-state index contributed by atoms with van der Waals surface area (Å²) >= 11 is 0. The van der Waals surface area contributed by atoms with Gasteiger partial charge in [-0.2, -0.15) is 0 Å². The highest BCUT2D eigenvalue weighted by Crippen LogP contribution is 2.29. The number of pyridine rings is 1. The number of rotatable bonds is 1. The van der Waals surface area contributed by atoms with Crippen molar-refractivity contribution in [2.24, 2.45) is 0 Å². The van der Waals surface area contributed by atoms with Crippen molar-refractivity contribution in [3.05, 3.63) is 78.6 Å². The summed E-state index contributed by atoms with van der Waals surface area (Å²) in [7, 11) is 0. The fraction of sp³-hybridized carbons (Fsp3) is 0. The Hall–Kier alpha value is -2.94. The minimum atomic E-state index is -0.104. The van der Waals surface area contributed by atoms with Gasteiger partial charge in [-0.1, -0.05) is 42.5 Å². The maximum Gasteiger partial charge on any atom is 0.281 e. The molecule has 3 nitrogen and oxygen atoms in total. The Bertz CT molecular complexity index is 901. The molecule has 4 aromatic rings. The van der Waals surface area contributed by atoms with Crippen LogP contribution in [0.25, 0.3) is 21.8 Å². The van der Waals surface area contributed by atoms with Gasteiger partial charge in [-0.25, -0.2) is 0 Å². The van der Waals surface area contributed by atoms with Crippen LogP contribution in [-0.2, 0) is 0 Å². The first-order valence-electron chi connectivity index (χ1n) is 6.80. The molecule has 2 heterocycles. The normalized spacial score (nSPS) is 11.0. The molecule has 0 aliphatic heterocycles. The molecule has 0 aliphatic carbocycles. The molecule has 3 heteroatoms. The molecule has 0 saturated heterocycles. The van der Waals surface area contributed by atoms with Gasteiger partial charge in [0.25, 0.3) is 5.91 Å². The molecule has 4 rings (SSSR count). The third-order valence-electron chi connectivity index (χ3n) is 3.67. The number of hydrogen-bond donors (Lipinski definition) is 0. The van der Waals surface area contributed by atoms with E-state index in [9.17, 15) is 4.79 Å². The standard InChI is InChI=1S/C18H12N2O/c21-18(15-9-5-6-12-19-15)20-16-10-3-1-7-13(16)14-8-2-4-11-17(14)20/h1-12H. The lowest BCUT2D eigenvalue weighted by Gasteiger charge is -2.05. The van der Waals surface area contributed by atoms with Crippen molar-refractivity contribution in [1.82, 2.24) is 9.55 Å². The van der Waals surface area contributed by atoms with Crippen molar-refractivity contribution in [2.75, 3.05) is 0 Å². The molecular weight excluding hydrogens is 260 g/mol. The third-order valence-corrected chi connectivity index (χ3v) is 3.67. The molecule has 21 heavy (non-hydrogen) atoms. The Morgan fingerprint density at radius 2 is 1.33 bits per heavy atom. The van der Waals surface area contributed by atoms with Gasteiger partial charge in [0.05, 0.1) is 11.0 Å². The number of carbonyl (C=O) groups is 1. The fourth-order valence-electron chi connectivity index (χ4n) is 2.75. The van der Waals surface area contributed by atoms with E-state index in [1.54, 1.807) is 16.8 Å². The van der Waals surface area contributed by atoms with E-state index < -0.39 is 0 Å². The van der Waals surface area contributed by atoms with Gasteiger partial charge >= 0.3 is 0 Å². The van der Waals surface area contributed by atoms with Gasteiger partial charge in [0, 0.05) is 17.0 Å². The van der Waals surface area contributed by atoms with Gasteiger partial charge in [-0.05, 0) is 24.3 Å². The lowest BCUT2D eigenvalue weighted by atomic mass is 10.2. The first-order valence-corrected chi connectivity index (χ1v) is 6.80. The van der Waals surface area contributed by atoms with E-state index in [1.165, 1.54) is 0 Å². The third kappa shape index (κ3) is 1.75. The number of carbonyl (C=O) groups excluding carboxylic acids is 1. The van der Waals surface area contributed by atoms with Crippen LogP contribution in [0.15, 0.2) is 72.9 Å². The summed E-state index contributed by atoms with van der Waals surface area (Å²) in [5.74, 6) is -0.104. The molecule has 0 fully saturated rings. The molecule has 0 amide bonds. The highest BCUT2D eigenvalue weighted by Gasteiger charge is 2.17. The summed E-state index contributed by atoms with van der Waals surface area (Å²) < 4.78 is 1.74. The van der Waals surface area contributed by atoms with Crippen molar-refractivity contribution < 1.29 is 4.79 Å². The van der Waals surface area contributed by atoms with Gasteiger partial charge in [-0.3, -0.25) is 14.3 Å². The smallest absolute Gasteiger partial charge is 0.274 e. The van der Waals surface area contributed by atoms with E-state index in [2.05, 4.69) is 4.98 Å². The first-order chi connectivity index (χ1) is 10.4. The summed E-state index contributed by atoms with van der Waals surface area (Å²) in [5, 5.41) is 2.16. The zero-order valence-corrected chi connectivity index (χ0v) is 11.2. The van der Waals surface area contributed by atoms with Crippen LogP contribution in [0.4, 0.5) is 0 Å². The van der Waals surface area contributed by atoms with Crippen LogP contribution in [0.2, 0.25) is 0 Å². The molecule has 0 spiro atoms. The van der Waals surface area contributed by atoms with E-state index in [0.717, 1.165) is 21.8 Å². The highest BCUT2D eigenvalue weighted by atomic mass is 16.2. The van der Waals surface area contributed by atoms with Gasteiger partial charge in [-0.15, -0.1) is 0 Å². The zero-order chi connectivity index (χ0) is 14.2. The molecule has 0 bridgehead atoms. The Morgan fingerprint density at radius 1 is 0.762 bits per heavy atom. The van der Waals surface area contributed by atoms with Gasteiger partial charge in [0.1, 0.15) is 5.69 Å². The van der Waals surface area contributed by atoms with Crippen LogP contribution in [0.3, 0.4) is 0 Å². The number of nitrogens with zero attached hydrogens (tertiary/aromatic N) is 2. The number of aromatic nitrogens is 2. The van der Waals surface area contributed by atoms with Gasteiger partial charge < -0.3 is 0 Å². The second-order valence-electron chi connectivity index (χ2n) is 4.89. The molecule has 2 aromatic carbocycles. The summed E-state index contributed by atoms with van der Waals surface area (Å²) in [6, 6.07) is 21.3. The Balaban J connectivity index is 2.09. The van der Waals surface area contributed by atoms with Crippen LogP contribution < -0.4 is 0 Å². The molecule has 0 saturated carbocycles. The highest BCUT2D eigenvalue weighted by molar-refractivity contribution is 6.15. The van der Waals surface area contributed by atoms with Gasteiger partial charge in [0.2, 0.25) is 0 Å². The Kier molecular flexibility index (Phi) is 2.57. The lowest BCUT2D eigenvalue weighted by molar-refractivity contribution is 0.0964. The van der Waals surface area contributed by atoms with Crippen molar-refractivity contribution in [3.63, 3.8) is 0 Å². The van der Waals surface area contributed by atoms with Gasteiger partial charge in [0.15, 0.2) is 0 Å². The summed E-state index contributed by atoms with van der Waals surface area (Å²) in [6.07, 6.45) is 1.64. The maximum atomic E-state index is 12.8. The van der Waals surface area contributed by atoms with E-state index in [1.807, 2.05) is 60.7 Å². The second kappa shape index (κ2) is 4.56. The topological polar surface area (TPSA) is 34.9 Å². The predicted octanol–water partition coefficient (Wildman–Crippen LogP) is 3.88. The monoisotopic (exact) mass is 272 g/mol. The van der Waals surface area contributed by atoms with Crippen molar-refractivity contribution in [1.29, 1.82) is 0 Å². The lowest BCUT2D eigenvalue weighted by Crippen LogP contribution is -2.12. The average Bonchev–Trinajstić information content (AvgIpc) is 2.90. The fourth-order valence-corrected chi connectivity index (χ4v) is 2.75. The van der Waals surface area contributed by atoms with Crippen LogP contribution in [0.5, 0.6) is 0 Å². The molecule has 100 valence electrons. The number of fused-ring (bicyclic) bond motifs is 3. The molecule has 0 atom stereocenters. The Labute approximate surface area is 121 Å². The average molecular weight is 272 g/mol. The zero-order valence-electron chi connectivity index (χ0n) is 11.2. The minimum Gasteiger partial charge on any atom is -0.274 e. The van der Waals surface area contributed by atoms with Crippen molar-refractivity contribution in [3.8, 4) is 0 Å². The van der Waals surface area contributed by atoms with Crippen LogP contribution in [0.1, 0.15) is 10.5 Å². The van der Waals surface area contributed by atoms with Crippen LogP contribution in [-0.4, -0.2) is 15.5 Å². The quantitative estimate of drug-likeness (QED) is 0.527. The number of para-hydroxylation sites is 2. The van der Waals surface area contributed by atoms with E-state index in [0.29, 0.717) is 5.69 Å². The van der Waals surface area contributed by atoms with Crippen molar-refractivity contribution >= 4 is 27.7 Å².